The van der Waals surface area contributed by atoms with Crippen molar-refractivity contribution in [2.24, 2.45) is 23.2 Å². The summed E-state index contributed by atoms with van der Waals surface area (Å²) < 4.78 is 0. The van der Waals surface area contributed by atoms with Gasteiger partial charge in [-0.1, -0.05) is 19.9 Å². The Kier molecular flexibility index (Phi) is 2.88. The van der Waals surface area contributed by atoms with Gasteiger partial charge >= 0.3 is 0 Å². The van der Waals surface area contributed by atoms with E-state index in [9.17, 15) is 4.79 Å². The molecule has 2 saturated carbocycles. The van der Waals surface area contributed by atoms with Crippen molar-refractivity contribution in [3.63, 3.8) is 0 Å². The largest absolute Gasteiger partial charge is 0.353 e. The molecule has 2 aliphatic carbocycles. The van der Waals surface area contributed by atoms with Crippen LogP contribution in [0.1, 0.15) is 39.5 Å². The predicted molar refractivity (Wildman–Crippen MR) is 83.1 cm³/mol. The Labute approximate surface area is 126 Å². The molecule has 0 spiro atoms. The number of hydrogen-bond donors (Lipinski definition) is 0. The SMILES string of the molecule is CC1(C)CC(=O)C2C(C3CC3)CN(c3ccccn3)C2C1. The van der Waals surface area contributed by atoms with Crippen molar-refractivity contribution in [1.82, 2.24) is 4.98 Å². The minimum Gasteiger partial charge on any atom is -0.353 e. The Morgan fingerprint density at radius 3 is 2.76 bits per heavy atom. The molecule has 3 fully saturated rings. The number of carbonyl (C=O) groups is 1. The van der Waals surface area contributed by atoms with Gasteiger partial charge in [0.25, 0.3) is 0 Å². The summed E-state index contributed by atoms with van der Waals surface area (Å²) in [5.74, 6) is 3.18. The van der Waals surface area contributed by atoms with Crippen LogP contribution in [0.15, 0.2) is 24.4 Å². The highest BCUT2D eigenvalue weighted by molar-refractivity contribution is 5.85. The number of Topliss-reactive ketones (excluding diaryl/α,β-unsaturated/α-hetero) is 1. The molecule has 1 aromatic rings. The van der Waals surface area contributed by atoms with Crippen molar-refractivity contribution in [1.29, 1.82) is 0 Å². The third-order valence-electron chi connectivity index (χ3n) is 5.64. The van der Waals surface area contributed by atoms with Gasteiger partial charge in [0.1, 0.15) is 11.6 Å². The fourth-order valence-electron chi connectivity index (χ4n) is 4.63. The van der Waals surface area contributed by atoms with Gasteiger partial charge in [0.2, 0.25) is 0 Å². The summed E-state index contributed by atoms with van der Waals surface area (Å²) in [7, 11) is 0. The molecule has 3 nitrogen and oxygen atoms in total. The molecular weight excluding hydrogens is 260 g/mol. The molecule has 3 aliphatic rings. The molecule has 3 heteroatoms. The van der Waals surface area contributed by atoms with Crippen LogP contribution in [0.2, 0.25) is 0 Å². The van der Waals surface area contributed by atoms with Crippen LogP contribution in [-0.2, 0) is 4.79 Å². The molecule has 0 bridgehead atoms. The minimum absolute atomic E-state index is 0.129. The van der Waals surface area contributed by atoms with Crippen molar-refractivity contribution in [2.75, 3.05) is 11.4 Å². The normalized spacial score (nSPS) is 34.9. The molecule has 3 unspecified atom stereocenters. The van der Waals surface area contributed by atoms with E-state index in [0.717, 1.165) is 31.1 Å². The van der Waals surface area contributed by atoms with Crippen molar-refractivity contribution < 1.29 is 4.79 Å². The van der Waals surface area contributed by atoms with Gasteiger partial charge in [-0.3, -0.25) is 4.79 Å². The maximum Gasteiger partial charge on any atom is 0.138 e. The van der Waals surface area contributed by atoms with Crippen molar-refractivity contribution in [3.05, 3.63) is 24.4 Å². The van der Waals surface area contributed by atoms with Crippen LogP contribution in [0.4, 0.5) is 5.82 Å². The summed E-state index contributed by atoms with van der Waals surface area (Å²) in [5.41, 5.74) is 0.129. The van der Waals surface area contributed by atoms with E-state index in [1.165, 1.54) is 12.8 Å². The zero-order valence-corrected chi connectivity index (χ0v) is 13.0. The number of aromatic nitrogens is 1. The van der Waals surface area contributed by atoms with Crippen LogP contribution in [0.5, 0.6) is 0 Å². The van der Waals surface area contributed by atoms with Crippen molar-refractivity contribution in [2.45, 2.75) is 45.6 Å². The second kappa shape index (κ2) is 4.56. The lowest BCUT2D eigenvalue weighted by Gasteiger charge is -2.40. The molecule has 0 aromatic carbocycles. The second-order valence-corrected chi connectivity index (χ2v) is 7.95. The zero-order valence-electron chi connectivity index (χ0n) is 13.0. The molecule has 21 heavy (non-hydrogen) atoms. The van der Waals surface area contributed by atoms with Crippen LogP contribution < -0.4 is 4.90 Å². The Morgan fingerprint density at radius 2 is 2.10 bits per heavy atom. The van der Waals surface area contributed by atoms with Gasteiger partial charge in [0.15, 0.2) is 0 Å². The predicted octanol–water partition coefficient (Wildman–Crippen LogP) is 3.30. The third kappa shape index (κ3) is 2.27. The molecule has 0 amide bonds. The van der Waals surface area contributed by atoms with Crippen LogP contribution in [0.25, 0.3) is 0 Å². The Balaban J connectivity index is 1.70. The lowest BCUT2D eigenvalue weighted by molar-refractivity contribution is -0.129. The topological polar surface area (TPSA) is 33.2 Å². The Bertz CT molecular complexity index is 550. The summed E-state index contributed by atoms with van der Waals surface area (Å²) in [6, 6.07) is 6.48. The number of hydrogen-bond acceptors (Lipinski definition) is 3. The van der Waals surface area contributed by atoms with Crippen molar-refractivity contribution in [3.8, 4) is 0 Å². The average Bonchev–Trinajstić information content (AvgIpc) is 3.20. The summed E-state index contributed by atoms with van der Waals surface area (Å²) in [4.78, 5) is 19.8. The fraction of sp³-hybridized carbons (Fsp3) is 0.667. The third-order valence-corrected chi connectivity index (χ3v) is 5.64. The van der Waals surface area contributed by atoms with Gasteiger partial charge in [0.05, 0.1) is 0 Å². The monoisotopic (exact) mass is 284 g/mol. The number of rotatable bonds is 2. The number of carbonyl (C=O) groups excluding carboxylic acids is 1. The first kappa shape index (κ1) is 13.3. The van der Waals surface area contributed by atoms with Gasteiger partial charge in [-0.2, -0.15) is 0 Å². The summed E-state index contributed by atoms with van der Waals surface area (Å²) >= 11 is 0. The van der Waals surface area contributed by atoms with E-state index in [2.05, 4.69) is 35.9 Å². The van der Waals surface area contributed by atoms with E-state index in [0.29, 0.717) is 17.7 Å². The van der Waals surface area contributed by atoms with E-state index >= 15 is 0 Å². The Hall–Kier alpha value is -1.38. The van der Waals surface area contributed by atoms with Gasteiger partial charge in [-0.15, -0.1) is 0 Å². The van der Waals surface area contributed by atoms with Crippen molar-refractivity contribution >= 4 is 11.6 Å². The van der Waals surface area contributed by atoms with E-state index in [1.54, 1.807) is 0 Å². The maximum atomic E-state index is 12.8. The fourth-order valence-corrected chi connectivity index (χ4v) is 4.63. The second-order valence-electron chi connectivity index (χ2n) is 7.95. The van der Waals surface area contributed by atoms with E-state index in [1.807, 2.05) is 12.3 Å². The number of fused-ring (bicyclic) bond motifs is 1. The van der Waals surface area contributed by atoms with Crippen LogP contribution in [0.3, 0.4) is 0 Å². The zero-order chi connectivity index (χ0) is 14.6. The number of nitrogens with zero attached hydrogens (tertiary/aromatic N) is 2. The lowest BCUT2D eigenvalue weighted by Crippen LogP contribution is -2.45. The first-order chi connectivity index (χ1) is 10.1. The number of pyridine rings is 1. The van der Waals surface area contributed by atoms with E-state index in [-0.39, 0.29) is 11.3 Å². The van der Waals surface area contributed by atoms with E-state index in [4.69, 9.17) is 0 Å². The first-order valence-electron chi connectivity index (χ1n) is 8.25. The number of ketones is 1. The minimum atomic E-state index is 0.129. The van der Waals surface area contributed by atoms with Gasteiger partial charge in [-0.25, -0.2) is 4.98 Å². The summed E-state index contributed by atoms with van der Waals surface area (Å²) in [5, 5.41) is 0. The summed E-state index contributed by atoms with van der Waals surface area (Å²) in [6.45, 7) is 5.50. The maximum absolute atomic E-state index is 12.8. The van der Waals surface area contributed by atoms with Gasteiger partial charge in [-0.05, 0) is 48.6 Å². The molecule has 1 aliphatic heterocycles. The van der Waals surface area contributed by atoms with Crippen LogP contribution in [-0.4, -0.2) is 23.4 Å². The Morgan fingerprint density at radius 1 is 1.29 bits per heavy atom. The molecule has 3 atom stereocenters. The molecule has 0 radical (unpaired) electrons. The average molecular weight is 284 g/mol. The molecule has 112 valence electrons. The highest BCUT2D eigenvalue weighted by Crippen LogP contribution is 2.52. The number of anilines is 1. The van der Waals surface area contributed by atoms with Gasteiger partial charge < -0.3 is 4.90 Å². The van der Waals surface area contributed by atoms with Gasteiger partial charge in [0, 0.05) is 31.1 Å². The lowest BCUT2D eigenvalue weighted by atomic mass is 9.67. The molecule has 0 N–H and O–H groups in total. The molecule has 2 heterocycles. The highest BCUT2D eigenvalue weighted by atomic mass is 16.1. The molecule has 1 saturated heterocycles. The van der Waals surface area contributed by atoms with E-state index < -0.39 is 0 Å². The molecule has 1 aromatic heterocycles. The molecule has 4 rings (SSSR count). The standard InChI is InChI=1S/C18H24N2O/c1-18(2)9-14-17(15(21)10-18)13(12-6-7-12)11-20(14)16-5-3-4-8-19-16/h3-5,8,12-14,17H,6-7,9-11H2,1-2H3. The summed E-state index contributed by atoms with van der Waals surface area (Å²) in [6.07, 6.45) is 6.38. The first-order valence-corrected chi connectivity index (χ1v) is 8.25. The van der Waals surface area contributed by atoms with Crippen LogP contribution >= 0.6 is 0 Å². The quantitative estimate of drug-likeness (QED) is 0.835. The molecular formula is C18H24N2O. The van der Waals surface area contributed by atoms with Crippen LogP contribution in [0, 0.1) is 23.2 Å². The smallest absolute Gasteiger partial charge is 0.138 e. The highest BCUT2D eigenvalue weighted by Gasteiger charge is 2.55.